The molecule has 0 radical (unpaired) electrons. The minimum Gasteiger partial charge on any atom is -0.422 e. The van der Waals surface area contributed by atoms with Crippen molar-refractivity contribution in [3.8, 4) is 11.8 Å². The number of halogens is 1. The fraction of sp³-hybridized carbons (Fsp3) is 0.0417. The number of nitrogens with one attached hydrogen (secondary N) is 1. The maximum Gasteiger partial charge on any atom is 0.343 e. The molecule has 1 amide bonds. The zero-order valence-corrected chi connectivity index (χ0v) is 18.0. The van der Waals surface area contributed by atoms with Crippen LogP contribution in [0.3, 0.4) is 0 Å². The van der Waals surface area contributed by atoms with E-state index in [2.05, 4.69) is 5.32 Å². The molecule has 9 heteroatoms. The van der Waals surface area contributed by atoms with E-state index in [1.807, 2.05) is 0 Å². The molecule has 3 aromatic carbocycles. The third-order valence-electron chi connectivity index (χ3n) is 4.46. The van der Waals surface area contributed by atoms with Crippen molar-refractivity contribution in [2.45, 2.75) is 6.92 Å². The molecule has 0 atom stereocenters. The summed E-state index contributed by atoms with van der Waals surface area (Å²) in [6.45, 7) is 1.68. The second kappa shape index (κ2) is 10.2. The summed E-state index contributed by atoms with van der Waals surface area (Å²) in [6, 6.07) is 18.5. The minimum absolute atomic E-state index is 0.0424. The molecule has 0 fully saturated rings. The molecule has 0 heterocycles. The summed E-state index contributed by atoms with van der Waals surface area (Å²) in [7, 11) is 0. The second-order valence-corrected chi connectivity index (χ2v) is 7.27. The van der Waals surface area contributed by atoms with Gasteiger partial charge in [0.05, 0.1) is 10.5 Å². The number of benzene rings is 3. The van der Waals surface area contributed by atoms with E-state index in [1.54, 1.807) is 49.4 Å². The number of ether oxygens (including phenoxy) is 1. The van der Waals surface area contributed by atoms with Crippen LogP contribution in [-0.4, -0.2) is 16.8 Å². The van der Waals surface area contributed by atoms with Crippen molar-refractivity contribution in [2.75, 3.05) is 5.32 Å². The Balaban J connectivity index is 1.87. The van der Waals surface area contributed by atoms with Gasteiger partial charge in [0, 0.05) is 16.7 Å². The predicted octanol–water partition coefficient (Wildman–Crippen LogP) is 5.32. The smallest absolute Gasteiger partial charge is 0.343 e. The Bertz CT molecular complexity index is 1310. The van der Waals surface area contributed by atoms with Crippen LogP contribution in [0, 0.1) is 28.4 Å². The molecule has 3 rings (SSSR count). The zero-order valence-electron chi connectivity index (χ0n) is 17.2. The van der Waals surface area contributed by atoms with Crippen LogP contribution in [0.2, 0.25) is 5.02 Å². The fourth-order valence-electron chi connectivity index (χ4n) is 2.83. The number of anilines is 1. The molecule has 33 heavy (non-hydrogen) atoms. The van der Waals surface area contributed by atoms with Crippen LogP contribution in [-0.2, 0) is 4.79 Å². The summed E-state index contributed by atoms with van der Waals surface area (Å²) < 4.78 is 5.42. The molecule has 0 unspecified atom stereocenters. The van der Waals surface area contributed by atoms with Gasteiger partial charge in [0.1, 0.15) is 23.1 Å². The number of amides is 1. The fourth-order valence-corrected chi connectivity index (χ4v) is 2.96. The number of nitro groups is 1. The van der Waals surface area contributed by atoms with Crippen molar-refractivity contribution >= 4 is 40.9 Å². The Morgan fingerprint density at radius 2 is 1.82 bits per heavy atom. The molecule has 0 aliphatic heterocycles. The molecule has 0 aliphatic rings. The molecule has 0 aliphatic carbocycles. The normalized spacial score (nSPS) is 10.8. The molecule has 0 spiro atoms. The van der Waals surface area contributed by atoms with Crippen LogP contribution < -0.4 is 10.1 Å². The second-order valence-electron chi connectivity index (χ2n) is 6.84. The van der Waals surface area contributed by atoms with E-state index < -0.39 is 16.8 Å². The number of aryl methyl sites for hydroxylation is 1. The monoisotopic (exact) mass is 461 g/mol. The molecule has 0 saturated carbocycles. The quantitative estimate of drug-likeness (QED) is 0.132. The molecular weight excluding hydrogens is 446 g/mol. The lowest BCUT2D eigenvalue weighted by Crippen LogP contribution is -2.15. The van der Waals surface area contributed by atoms with Crippen molar-refractivity contribution in [3.05, 3.63) is 104 Å². The Morgan fingerprint density at radius 3 is 2.48 bits per heavy atom. The molecule has 1 N–H and O–H groups in total. The Morgan fingerprint density at radius 1 is 1.12 bits per heavy atom. The van der Waals surface area contributed by atoms with E-state index >= 15 is 0 Å². The van der Waals surface area contributed by atoms with Gasteiger partial charge in [-0.1, -0.05) is 35.9 Å². The number of nitriles is 1. The summed E-state index contributed by atoms with van der Waals surface area (Å²) in [5.41, 5.74) is 0.539. The number of carbonyl (C=O) groups is 2. The maximum absolute atomic E-state index is 12.6. The highest BCUT2D eigenvalue weighted by atomic mass is 35.5. The lowest BCUT2D eigenvalue weighted by molar-refractivity contribution is -0.384. The third kappa shape index (κ3) is 5.81. The number of hydrogen-bond acceptors (Lipinski definition) is 6. The van der Waals surface area contributed by atoms with Gasteiger partial charge in [-0.2, -0.15) is 5.26 Å². The van der Waals surface area contributed by atoms with E-state index in [0.29, 0.717) is 16.1 Å². The van der Waals surface area contributed by atoms with Crippen molar-refractivity contribution < 1.29 is 19.2 Å². The van der Waals surface area contributed by atoms with Crippen molar-refractivity contribution in [1.82, 2.24) is 0 Å². The number of carbonyl (C=O) groups excluding carboxylic acids is 2. The SMILES string of the molecule is Cc1ccc(NC(=O)/C(C#N)=C/c2ccccc2OC(=O)c2ccc(Cl)cc2)c([N+](=O)[O-])c1. The summed E-state index contributed by atoms with van der Waals surface area (Å²) in [5.74, 6) is -1.37. The number of hydrogen-bond donors (Lipinski definition) is 1. The molecular formula is C24H16ClN3O5. The topological polar surface area (TPSA) is 122 Å². The van der Waals surface area contributed by atoms with Gasteiger partial charge >= 0.3 is 5.97 Å². The maximum atomic E-state index is 12.6. The first-order valence-electron chi connectivity index (χ1n) is 9.53. The standard InChI is InChI=1S/C24H16ClN3O5/c1-15-6-11-20(21(12-15)28(31)32)27-23(29)18(14-26)13-17-4-2-3-5-22(17)33-24(30)16-7-9-19(25)10-8-16/h2-13H,1H3,(H,27,29)/b18-13+. The molecule has 0 saturated heterocycles. The van der Waals surface area contributed by atoms with Gasteiger partial charge in [-0.15, -0.1) is 0 Å². The molecule has 8 nitrogen and oxygen atoms in total. The van der Waals surface area contributed by atoms with Crippen molar-refractivity contribution in [3.63, 3.8) is 0 Å². The predicted molar refractivity (Wildman–Crippen MR) is 123 cm³/mol. The van der Waals surface area contributed by atoms with E-state index in [9.17, 15) is 25.0 Å². The average Bonchev–Trinajstić information content (AvgIpc) is 2.79. The first-order valence-corrected chi connectivity index (χ1v) is 9.91. The lowest BCUT2D eigenvalue weighted by Gasteiger charge is -2.09. The van der Waals surface area contributed by atoms with Gasteiger partial charge in [0.2, 0.25) is 0 Å². The van der Waals surface area contributed by atoms with E-state index in [0.717, 1.165) is 0 Å². The highest BCUT2D eigenvalue weighted by Crippen LogP contribution is 2.27. The number of nitrogens with zero attached hydrogens (tertiary/aromatic N) is 2. The number of rotatable bonds is 6. The van der Waals surface area contributed by atoms with Gasteiger partial charge in [-0.25, -0.2) is 4.79 Å². The summed E-state index contributed by atoms with van der Waals surface area (Å²) >= 11 is 5.83. The van der Waals surface area contributed by atoms with Crippen molar-refractivity contribution in [1.29, 1.82) is 5.26 Å². The molecule has 0 aromatic heterocycles. The Hall–Kier alpha value is -4.48. The highest BCUT2D eigenvalue weighted by molar-refractivity contribution is 6.30. The van der Waals surface area contributed by atoms with Crippen LogP contribution in [0.15, 0.2) is 72.3 Å². The molecule has 3 aromatic rings. The van der Waals surface area contributed by atoms with Gasteiger partial charge in [-0.3, -0.25) is 14.9 Å². The number of esters is 1. The van der Waals surface area contributed by atoms with Crippen LogP contribution in [0.4, 0.5) is 11.4 Å². The third-order valence-corrected chi connectivity index (χ3v) is 4.72. The number of para-hydroxylation sites is 1. The summed E-state index contributed by atoms with van der Waals surface area (Å²) in [5, 5.41) is 23.6. The first kappa shape index (κ1) is 23.2. The Labute approximate surface area is 193 Å². The van der Waals surface area contributed by atoms with Crippen LogP contribution in [0.1, 0.15) is 21.5 Å². The molecule has 0 bridgehead atoms. The lowest BCUT2D eigenvalue weighted by atomic mass is 10.1. The first-order chi connectivity index (χ1) is 15.8. The van der Waals surface area contributed by atoms with Crippen molar-refractivity contribution in [2.24, 2.45) is 0 Å². The van der Waals surface area contributed by atoms with E-state index in [1.165, 1.54) is 36.4 Å². The zero-order chi connectivity index (χ0) is 24.0. The highest BCUT2D eigenvalue weighted by Gasteiger charge is 2.19. The molecule has 164 valence electrons. The van der Waals surface area contributed by atoms with Crippen LogP contribution in [0.5, 0.6) is 5.75 Å². The van der Waals surface area contributed by atoms with Gasteiger partial charge < -0.3 is 10.1 Å². The van der Waals surface area contributed by atoms with E-state index in [-0.39, 0.29) is 28.3 Å². The van der Waals surface area contributed by atoms with Crippen LogP contribution in [0.25, 0.3) is 6.08 Å². The Kier molecular flexibility index (Phi) is 7.18. The summed E-state index contributed by atoms with van der Waals surface area (Å²) in [6.07, 6.45) is 1.24. The van der Waals surface area contributed by atoms with Gasteiger partial charge in [0.15, 0.2) is 0 Å². The van der Waals surface area contributed by atoms with Gasteiger partial charge in [-0.05, 0) is 55.0 Å². The summed E-state index contributed by atoms with van der Waals surface area (Å²) in [4.78, 5) is 35.8. The van der Waals surface area contributed by atoms with E-state index in [4.69, 9.17) is 16.3 Å². The average molecular weight is 462 g/mol. The largest absolute Gasteiger partial charge is 0.422 e. The number of nitro benzene ring substituents is 1. The van der Waals surface area contributed by atoms with Gasteiger partial charge in [0.25, 0.3) is 11.6 Å². The minimum atomic E-state index is -0.844. The van der Waals surface area contributed by atoms with Crippen LogP contribution >= 0.6 is 11.6 Å².